The predicted molar refractivity (Wildman–Crippen MR) is 57.5 cm³/mol. The Labute approximate surface area is 91.5 Å². The van der Waals surface area contributed by atoms with Gasteiger partial charge in [-0.1, -0.05) is 0 Å². The second-order valence-electron chi connectivity index (χ2n) is 3.17. The normalized spacial score (nSPS) is 12.3. The predicted octanol–water partition coefficient (Wildman–Crippen LogP) is 0.309. The van der Waals surface area contributed by atoms with Gasteiger partial charge in [0.1, 0.15) is 0 Å². The van der Waals surface area contributed by atoms with Crippen LogP contribution in [0, 0.1) is 0 Å². The van der Waals surface area contributed by atoms with Crippen LogP contribution >= 0.6 is 11.3 Å². The number of primary amides is 1. The second-order valence-corrected chi connectivity index (χ2v) is 4.06. The van der Waals surface area contributed by atoms with E-state index < -0.39 is 6.04 Å². The summed E-state index contributed by atoms with van der Waals surface area (Å²) in [6.45, 7) is 0. The van der Waals surface area contributed by atoms with Crippen LogP contribution < -0.4 is 11.5 Å². The minimum absolute atomic E-state index is 0.172. The van der Waals surface area contributed by atoms with Gasteiger partial charge in [-0.2, -0.15) is 0 Å². The summed E-state index contributed by atoms with van der Waals surface area (Å²) < 4.78 is 0. The van der Waals surface area contributed by atoms with Crippen molar-refractivity contribution in [3.63, 3.8) is 0 Å². The Morgan fingerprint density at radius 1 is 1.53 bits per heavy atom. The summed E-state index contributed by atoms with van der Waals surface area (Å²) in [4.78, 5) is 25.9. The molecular weight excluding hydrogens is 214 g/mol. The van der Waals surface area contributed by atoms with Gasteiger partial charge in [-0.15, -0.1) is 11.3 Å². The van der Waals surface area contributed by atoms with Crippen LogP contribution in [0.15, 0.2) is 11.6 Å². The quantitative estimate of drug-likeness (QED) is 0.683. The van der Waals surface area contributed by atoms with Gasteiger partial charge in [0.05, 0.1) is 6.04 Å². The number of carbonyl (C=O) groups excluding carboxylic acids is 2. The van der Waals surface area contributed by atoms with Gasteiger partial charge in [0.15, 0.2) is 5.01 Å². The third-order valence-electron chi connectivity index (χ3n) is 1.92. The number of amides is 1. The van der Waals surface area contributed by atoms with Crippen molar-refractivity contribution in [2.45, 2.75) is 25.3 Å². The van der Waals surface area contributed by atoms with E-state index in [1.807, 2.05) is 0 Å². The lowest BCUT2D eigenvalue weighted by Crippen LogP contribution is -2.30. The van der Waals surface area contributed by atoms with E-state index in [4.69, 9.17) is 11.5 Å². The Balaban J connectivity index is 2.37. The Kier molecular flexibility index (Phi) is 4.38. The number of aromatic nitrogens is 1. The van der Waals surface area contributed by atoms with Crippen molar-refractivity contribution in [2.24, 2.45) is 11.5 Å². The molecule has 0 saturated heterocycles. The molecule has 0 fully saturated rings. The van der Waals surface area contributed by atoms with E-state index in [2.05, 4.69) is 4.98 Å². The summed E-state index contributed by atoms with van der Waals surface area (Å²) >= 11 is 1.27. The Morgan fingerprint density at radius 3 is 2.80 bits per heavy atom. The first-order chi connectivity index (χ1) is 7.11. The fourth-order valence-electron chi connectivity index (χ4n) is 1.13. The maximum Gasteiger partial charge on any atom is 0.217 e. The number of carbonyl (C=O) groups is 2. The summed E-state index contributed by atoms with van der Waals surface area (Å²) in [6, 6.07) is -0.588. The summed E-state index contributed by atoms with van der Waals surface area (Å²) in [5, 5.41) is 2.14. The highest BCUT2D eigenvalue weighted by Gasteiger charge is 2.17. The number of ketones is 1. The van der Waals surface area contributed by atoms with Crippen molar-refractivity contribution < 1.29 is 9.59 Å². The Bertz CT molecular complexity index is 337. The van der Waals surface area contributed by atoms with Gasteiger partial charge >= 0.3 is 0 Å². The van der Waals surface area contributed by atoms with Gasteiger partial charge in [-0.05, 0) is 12.8 Å². The average molecular weight is 227 g/mol. The highest BCUT2D eigenvalue weighted by molar-refractivity contribution is 7.11. The SMILES string of the molecule is NC(=O)CCCC(N)C(=O)c1nccs1. The van der Waals surface area contributed by atoms with Crippen LogP contribution in [0.2, 0.25) is 0 Å². The summed E-state index contributed by atoms with van der Waals surface area (Å²) in [5.41, 5.74) is 10.6. The van der Waals surface area contributed by atoms with Crippen LogP contribution in [0.3, 0.4) is 0 Å². The van der Waals surface area contributed by atoms with Gasteiger partial charge in [0.2, 0.25) is 11.7 Å². The lowest BCUT2D eigenvalue weighted by molar-refractivity contribution is -0.118. The van der Waals surface area contributed by atoms with Crippen LogP contribution in [-0.2, 0) is 4.79 Å². The molecule has 1 heterocycles. The van der Waals surface area contributed by atoms with Gasteiger partial charge in [-0.25, -0.2) is 4.98 Å². The number of thiazole rings is 1. The maximum atomic E-state index is 11.6. The molecule has 1 unspecified atom stereocenters. The lowest BCUT2D eigenvalue weighted by Gasteiger charge is -2.07. The first-order valence-electron chi connectivity index (χ1n) is 4.59. The van der Waals surface area contributed by atoms with Crippen molar-refractivity contribution in [2.75, 3.05) is 0 Å². The Hall–Kier alpha value is -1.27. The molecule has 0 aliphatic rings. The molecule has 0 aromatic carbocycles. The smallest absolute Gasteiger partial charge is 0.217 e. The number of rotatable bonds is 6. The molecule has 4 N–H and O–H groups in total. The van der Waals surface area contributed by atoms with E-state index in [1.165, 1.54) is 11.3 Å². The van der Waals surface area contributed by atoms with E-state index in [0.717, 1.165) is 0 Å². The van der Waals surface area contributed by atoms with Crippen molar-refractivity contribution in [3.05, 3.63) is 16.6 Å². The highest BCUT2D eigenvalue weighted by atomic mass is 32.1. The van der Waals surface area contributed by atoms with Crippen molar-refractivity contribution in [1.82, 2.24) is 4.98 Å². The molecule has 1 rings (SSSR count). The molecule has 5 nitrogen and oxygen atoms in total. The van der Waals surface area contributed by atoms with Crippen LogP contribution in [-0.4, -0.2) is 22.7 Å². The van der Waals surface area contributed by atoms with E-state index in [-0.39, 0.29) is 18.1 Å². The van der Waals surface area contributed by atoms with E-state index in [9.17, 15) is 9.59 Å². The molecule has 1 aromatic heterocycles. The molecular formula is C9H13N3O2S. The number of nitrogens with zero attached hydrogens (tertiary/aromatic N) is 1. The first-order valence-corrected chi connectivity index (χ1v) is 5.47. The average Bonchev–Trinajstić information content (AvgIpc) is 2.68. The zero-order valence-corrected chi connectivity index (χ0v) is 9.00. The molecule has 1 aromatic rings. The monoisotopic (exact) mass is 227 g/mol. The summed E-state index contributed by atoms with van der Waals surface area (Å²) in [5.74, 6) is -0.543. The molecule has 0 bridgehead atoms. The van der Waals surface area contributed by atoms with Gasteiger partial charge in [0, 0.05) is 18.0 Å². The standard InChI is InChI=1S/C9H13N3O2S/c10-6(2-1-3-7(11)13)8(14)9-12-4-5-15-9/h4-6H,1-3,10H2,(H2,11,13). The van der Waals surface area contributed by atoms with Crippen LogP contribution in [0.25, 0.3) is 0 Å². The Morgan fingerprint density at radius 2 is 2.27 bits per heavy atom. The van der Waals surface area contributed by atoms with Gasteiger partial charge in [-0.3, -0.25) is 9.59 Å². The van der Waals surface area contributed by atoms with E-state index in [0.29, 0.717) is 17.8 Å². The van der Waals surface area contributed by atoms with E-state index in [1.54, 1.807) is 11.6 Å². The van der Waals surface area contributed by atoms with Crippen LogP contribution in [0.5, 0.6) is 0 Å². The topological polar surface area (TPSA) is 99.1 Å². The molecule has 0 saturated carbocycles. The summed E-state index contributed by atoms with van der Waals surface area (Å²) in [6.07, 6.45) is 2.82. The number of nitrogens with two attached hydrogens (primary N) is 2. The zero-order valence-electron chi connectivity index (χ0n) is 8.18. The van der Waals surface area contributed by atoms with Crippen molar-refractivity contribution in [1.29, 1.82) is 0 Å². The fraction of sp³-hybridized carbons (Fsp3) is 0.444. The zero-order chi connectivity index (χ0) is 11.3. The third-order valence-corrected chi connectivity index (χ3v) is 2.71. The van der Waals surface area contributed by atoms with Crippen LogP contribution in [0.1, 0.15) is 29.1 Å². The van der Waals surface area contributed by atoms with Crippen LogP contribution in [0.4, 0.5) is 0 Å². The largest absolute Gasteiger partial charge is 0.370 e. The molecule has 0 aliphatic heterocycles. The van der Waals surface area contributed by atoms with Gasteiger partial charge in [0.25, 0.3) is 0 Å². The second kappa shape index (κ2) is 5.57. The third kappa shape index (κ3) is 3.77. The molecule has 15 heavy (non-hydrogen) atoms. The maximum absolute atomic E-state index is 11.6. The molecule has 0 radical (unpaired) electrons. The fourth-order valence-corrected chi connectivity index (χ4v) is 1.77. The summed E-state index contributed by atoms with van der Waals surface area (Å²) in [7, 11) is 0. The lowest BCUT2D eigenvalue weighted by atomic mass is 10.1. The van der Waals surface area contributed by atoms with Gasteiger partial charge < -0.3 is 11.5 Å². The first kappa shape index (κ1) is 11.8. The van der Waals surface area contributed by atoms with E-state index >= 15 is 0 Å². The minimum Gasteiger partial charge on any atom is -0.370 e. The van der Waals surface area contributed by atoms with Crippen molar-refractivity contribution in [3.8, 4) is 0 Å². The number of Topliss-reactive ketones (excluding diaryl/α,β-unsaturated/α-hetero) is 1. The minimum atomic E-state index is -0.588. The number of hydrogen-bond acceptors (Lipinski definition) is 5. The molecule has 1 atom stereocenters. The molecule has 82 valence electrons. The molecule has 1 amide bonds. The molecule has 0 aliphatic carbocycles. The van der Waals surface area contributed by atoms with Crippen molar-refractivity contribution >= 4 is 23.0 Å². The molecule has 0 spiro atoms. The molecule has 6 heteroatoms. The number of hydrogen-bond donors (Lipinski definition) is 2. The highest BCUT2D eigenvalue weighted by Crippen LogP contribution is 2.09.